The van der Waals surface area contributed by atoms with Gasteiger partial charge in [-0.15, -0.1) is 0 Å². The average molecular weight is 391 g/mol. The van der Waals surface area contributed by atoms with Crippen LogP contribution < -0.4 is 22.1 Å². The predicted molar refractivity (Wildman–Crippen MR) is 122 cm³/mol. The fourth-order valence-electron chi connectivity index (χ4n) is 5.39. The topological polar surface area (TPSA) is 76.1 Å². The van der Waals surface area contributed by atoms with Gasteiger partial charge in [-0.1, -0.05) is 36.1 Å². The SMILES string of the molecule is CC1(C)C=C(CCCCCCC2=CC(C)(C)NC(C)(C)C2N)C(N)C(C)(C)N1. The Kier molecular flexibility index (Phi) is 6.92. The highest BCUT2D eigenvalue weighted by atomic mass is 15.1. The van der Waals surface area contributed by atoms with Crippen LogP contribution in [0.1, 0.15) is 93.9 Å². The lowest BCUT2D eigenvalue weighted by atomic mass is 9.77. The summed E-state index contributed by atoms with van der Waals surface area (Å²) >= 11 is 0. The molecule has 0 spiro atoms. The van der Waals surface area contributed by atoms with Gasteiger partial charge >= 0.3 is 0 Å². The minimum Gasteiger partial charge on any atom is -0.323 e. The molecule has 0 aromatic carbocycles. The zero-order valence-electron chi connectivity index (χ0n) is 19.7. The summed E-state index contributed by atoms with van der Waals surface area (Å²) in [7, 11) is 0. The van der Waals surface area contributed by atoms with Gasteiger partial charge in [0, 0.05) is 34.2 Å². The van der Waals surface area contributed by atoms with Crippen molar-refractivity contribution < 1.29 is 0 Å². The zero-order chi connectivity index (χ0) is 21.4. The summed E-state index contributed by atoms with van der Waals surface area (Å²) in [4.78, 5) is 0. The normalized spacial score (nSPS) is 30.5. The molecule has 0 aromatic rings. The number of nitrogens with one attached hydrogen (secondary N) is 2. The lowest BCUT2D eigenvalue weighted by Gasteiger charge is -2.46. The quantitative estimate of drug-likeness (QED) is 0.389. The molecule has 0 aliphatic carbocycles. The van der Waals surface area contributed by atoms with E-state index in [9.17, 15) is 0 Å². The van der Waals surface area contributed by atoms with Gasteiger partial charge in [-0.2, -0.15) is 0 Å². The molecular weight excluding hydrogens is 344 g/mol. The van der Waals surface area contributed by atoms with Crippen molar-refractivity contribution in [3.63, 3.8) is 0 Å². The lowest BCUT2D eigenvalue weighted by Crippen LogP contribution is -2.64. The molecule has 162 valence electrons. The van der Waals surface area contributed by atoms with Crippen molar-refractivity contribution in [3.05, 3.63) is 23.3 Å². The summed E-state index contributed by atoms with van der Waals surface area (Å²) < 4.78 is 0. The van der Waals surface area contributed by atoms with Gasteiger partial charge in [0.05, 0.1) is 0 Å². The van der Waals surface area contributed by atoms with Crippen molar-refractivity contribution >= 4 is 0 Å². The number of hydrogen-bond acceptors (Lipinski definition) is 4. The summed E-state index contributed by atoms with van der Waals surface area (Å²) in [5, 5.41) is 7.30. The molecule has 4 nitrogen and oxygen atoms in total. The number of nitrogens with two attached hydrogens (primary N) is 2. The Morgan fingerprint density at radius 1 is 0.643 bits per heavy atom. The van der Waals surface area contributed by atoms with Gasteiger partial charge in [-0.05, 0) is 81.1 Å². The average Bonchev–Trinajstić information content (AvgIpc) is 2.49. The molecule has 4 heteroatoms. The third-order valence-corrected chi connectivity index (χ3v) is 6.42. The fourth-order valence-corrected chi connectivity index (χ4v) is 5.39. The second-order valence-corrected chi connectivity index (χ2v) is 11.4. The molecule has 6 N–H and O–H groups in total. The van der Waals surface area contributed by atoms with Crippen LogP contribution in [0, 0.1) is 0 Å². The van der Waals surface area contributed by atoms with Crippen LogP contribution in [0.5, 0.6) is 0 Å². The van der Waals surface area contributed by atoms with Crippen LogP contribution in [0.2, 0.25) is 0 Å². The Morgan fingerprint density at radius 3 is 1.29 bits per heavy atom. The summed E-state index contributed by atoms with van der Waals surface area (Å²) in [6, 6.07) is 0.200. The third kappa shape index (κ3) is 5.91. The minimum absolute atomic E-state index is 0.0198. The summed E-state index contributed by atoms with van der Waals surface area (Å²) in [6.45, 7) is 17.8. The van der Waals surface area contributed by atoms with E-state index < -0.39 is 0 Å². The zero-order valence-corrected chi connectivity index (χ0v) is 19.7. The Balaban J connectivity index is 1.79. The van der Waals surface area contributed by atoms with Crippen LogP contribution in [0.25, 0.3) is 0 Å². The van der Waals surface area contributed by atoms with E-state index in [1.165, 1.54) is 36.8 Å². The third-order valence-electron chi connectivity index (χ3n) is 6.42. The maximum absolute atomic E-state index is 6.52. The van der Waals surface area contributed by atoms with Crippen LogP contribution in [-0.2, 0) is 0 Å². The van der Waals surface area contributed by atoms with E-state index in [1.54, 1.807) is 0 Å². The molecule has 2 aliphatic heterocycles. The first-order valence-corrected chi connectivity index (χ1v) is 11.2. The molecular formula is C24H46N4. The minimum atomic E-state index is -0.0508. The highest BCUT2D eigenvalue weighted by Crippen LogP contribution is 2.31. The highest BCUT2D eigenvalue weighted by Gasteiger charge is 2.39. The maximum atomic E-state index is 6.52. The molecule has 2 unspecified atom stereocenters. The van der Waals surface area contributed by atoms with E-state index in [0.717, 1.165) is 12.8 Å². The van der Waals surface area contributed by atoms with E-state index in [0.29, 0.717) is 0 Å². The van der Waals surface area contributed by atoms with Crippen molar-refractivity contribution in [1.82, 2.24) is 10.6 Å². The summed E-state index contributed by atoms with van der Waals surface area (Å²) in [5.74, 6) is 0. The van der Waals surface area contributed by atoms with Gasteiger partial charge in [0.2, 0.25) is 0 Å². The summed E-state index contributed by atoms with van der Waals surface area (Å²) in [5.41, 5.74) is 15.8. The summed E-state index contributed by atoms with van der Waals surface area (Å²) in [6.07, 6.45) is 11.9. The molecule has 0 radical (unpaired) electrons. The van der Waals surface area contributed by atoms with Crippen molar-refractivity contribution in [2.24, 2.45) is 11.5 Å². The Morgan fingerprint density at radius 2 is 0.964 bits per heavy atom. The van der Waals surface area contributed by atoms with Gasteiger partial charge in [0.1, 0.15) is 0 Å². The molecule has 2 atom stereocenters. The first-order valence-electron chi connectivity index (χ1n) is 11.2. The van der Waals surface area contributed by atoms with Crippen LogP contribution in [0.3, 0.4) is 0 Å². The molecule has 2 aliphatic rings. The molecule has 2 heterocycles. The van der Waals surface area contributed by atoms with Crippen molar-refractivity contribution in [3.8, 4) is 0 Å². The second kappa shape index (κ2) is 8.22. The standard InChI is InChI=1S/C24H46N4/c1-21(2)15-17(19(25)23(5,6)27-21)13-11-9-10-12-14-18-16-22(3,4)28-24(7,8)20(18)26/h15-16,19-20,27-28H,9-14,25-26H2,1-8H3. The van der Waals surface area contributed by atoms with Crippen molar-refractivity contribution in [2.45, 2.75) is 128 Å². The van der Waals surface area contributed by atoms with Crippen LogP contribution in [0.4, 0.5) is 0 Å². The first kappa shape index (κ1) is 23.6. The van der Waals surface area contributed by atoms with E-state index in [4.69, 9.17) is 11.5 Å². The first-order chi connectivity index (χ1) is 12.7. The molecule has 28 heavy (non-hydrogen) atoms. The number of hydrogen-bond donors (Lipinski definition) is 4. The van der Waals surface area contributed by atoms with Gasteiger partial charge in [0.15, 0.2) is 0 Å². The number of unbranched alkanes of at least 4 members (excludes halogenated alkanes) is 3. The van der Waals surface area contributed by atoms with E-state index in [1.807, 2.05) is 0 Å². The Labute approximate surface area is 174 Å². The van der Waals surface area contributed by atoms with E-state index in [-0.39, 0.29) is 34.2 Å². The van der Waals surface area contributed by atoms with Gasteiger partial charge in [0.25, 0.3) is 0 Å². The van der Waals surface area contributed by atoms with E-state index >= 15 is 0 Å². The predicted octanol–water partition coefficient (Wildman–Crippen LogP) is 4.16. The van der Waals surface area contributed by atoms with Crippen molar-refractivity contribution in [1.29, 1.82) is 0 Å². The van der Waals surface area contributed by atoms with Gasteiger partial charge in [-0.25, -0.2) is 0 Å². The Bertz CT molecular complexity index is 556. The molecule has 0 amide bonds. The molecule has 2 rings (SSSR count). The Hall–Kier alpha value is -0.680. The van der Waals surface area contributed by atoms with Crippen LogP contribution in [-0.4, -0.2) is 34.2 Å². The lowest BCUT2D eigenvalue weighted by molar-refractivity contribution is 0.250. The molecule has 0 aromatic heterocycles. The van der Waals surface area contributed by atoms with Crippen LogP contribution in [0.15, 0.2) is 23.3 Å². The van der Waals surface area contributed by atoms with Gasteiger partial charge < -0.3 is 22.1 Å². The molecule has 0 bridgehead atoms. The fraction of sp³-hybridized carbons (Fsp3) is 0.833. The maximum Gasteiger partial charge on any atom is 0.0434 e. The molecule has 0 saturated heterocycles. The number of rotatable bonds is 7. The largest absolute Gasteiger partial charge is 0.323 e. The monoisotopic (exact) mass is 390 g/mol. The second-order valence-electron chi connectivity index (χ2n) is 11.4. The van der Waals surface area contributed by atoms with Gasteiger partial charge in [-0.3, -0.25) is 0 Å². The smallest absolute Gasteiger partial charge is 0.0434 e. The van der Waals surface area contributed by atoms with Crippen molar-refractivity contribution in [2.75, 3.05) is 0 Å². The molecule has 0 saturated carbocycles. The van der Waals surface area contributed by atoms with Crippen LogP contribution >= 0.6 is 0 Å². The highest BCUT2D eigenvalue weighted by molar-refractivity contribution is 5.28. The molecule has 0 fully saturated rings. The van der Waals surface area contributed by atoms with E-state index in [2.05, 4.69) is 78.2 Å².